The molecule has 0 unspecified atom stereocenters. The van der Waals surface area contributed by atoms with E-state index in [0.29, 0.717) is 150 Å². The van der Waals surface area contributed by atoms with Gasteiger partial charge in [-0.3, -0.25) is 4.79 Å². The molecule has 0 saturated heterocycles. The number of rotatable bonds is 43. The number of ether oxygens (including phenoxy) is 14. The Hall–Kier alpha value is -4.70. The third kappa shape index (κ3) is 19.7. The molecule has 1 aliphatic rings. The van der Waals surface area contributed by atoms with Gasteiger partial charge in [0.2, 0.25) is 0 Å². The molecule has 1 N–H and O–H groups in total. The topological polar surface area (TPSA) is 184 Å². The van der Waals surface area contributed by atoms with Gasteiger partial charge in [0.1, 0.15) is 17.9 Å². The monoisotopic (exact) mass is 1050 g/mol. The third-order valence-corrected chi connectivity index (χ3v) is 12.0. The lowest BCUT2D eigenvalue weighted by atomic mass is 9.66. The number of aliphatic hydroxyl groups is 1. The van der Waals surface area contributed by atoms with E-state index in [4.69, 9.17) is 71.4 Å². The van der Waals surface area contributed by atoms with Crippen LogP contribution in [0.15, 0.2) is 72.8 Å². The van der Waals surface area contributed by atoms with Crippen LogP contribution in [0.25, 0.3) is 11.1 Å². The Morgan fingerprint density at radius 2 is 0.867 bits per heavy atom. The lowest BCUT2D eigenvalue weighted by molar-refractivity contribution is -0.0190. The van der Waals surface area contributed by atoms with Gasteiger partial charge in [0.05, 0.1) is 171 Å². The fourth-order valence-electron chi connectivity index (χ4n) is 8.54. The van der Waals surface area contributed by atoms with E-state index in [1.54, 1.807) is 21.0 Å². The van der Waals surface area contributed by atoms with Crippen LogP contribution in [0, 0.1) is 13.8 Å². The molecule has 0 bridgehead atoms. The molecule has 0 heterocycles. The summed E-state index contributed by atoms with van der Waals surface area (Å²) >= 11 is 0. The number of methoxy groups -OCH3 is 1. The highest BCUT2D eigenvalue weighted by atomic mass is 16.6. The Labute approximate surface area is 443 Å². The molecule has 4 aromatic carbocycles. The van der Waals surface area contributed by atoms with Gasteiger partial charge >= 0.3 is 5.97 Å². The number of aryl methyl sites for hydroxylation is 2. The summed E-state index contributed by atoms with van der Waals surface area (Å²) in [5.41, 5.74) is 8.66. The first kappa shape index (κ1) is 61.2. The summed E-state index contributed by atoms with van der Waals surface area (Å²) in [6.07, 6.45) is 0. The zero-order valence-corrected chi connectivity index (χ0v) is 44.8. The van der Waals surface area contributed by atoms with Gasteiger partial charge in [0.15, 0.2) is 5.78 Å². The van der Waals surface area contributed by atoms with Gasteiger partial charge in [-0.25, -0.2) is 4.79 Å². The molecule has 4 aromatic rings. The molecule has 17 nitrogen and oxygen atoms in total. The lowest BCUT2D eigenvalue weighted by Crippen LogP contribution is -2.30. The quantitative estimate of drug-likeness (QED) is 0.0246. The van der Waals surface area contributed by atoms with Crippen molar-refractivity contribution in [3.05, 3.63) is 123 Å². The molecular weight excluding hydrogens is 969 g/mol. The summed E-state index contributed by atoms with van der Waals surface area (Å²) in [7, 11) is 1.64. The maximum absolute atomic E-state index is 13.9. The first-order valence-electron chi connectivity index (χ1n) is 26.0. The fourth-order valence-corrected chi connectivity index (χ4v) is 8.54. The van der Waals surface area contributed by atoms with Crippen molar-refractivity contribution in [2.45, 2.75) is 39.7 Å². The molecule has 0 spiro atoms. The summed E-state index contributed by atoms with van der Waals surface area (Å²) in [6.45, 7) is 17.5. The molecule has 5 rings (SSSR count). The SMILES string of the molecule is CCOC(=O)c1cc(C2(c3ccc(COCCOCCOCCOCCOCCOCCO)c(C(C)=O)c3)c3cc(C)ccc3-c3ccc(C)cc32)ccc1OCCOCCOCCOCCOCCOCCOC. The fraction of sp³-hybridized carbons (Fsp3) is 0.552. The molecule has 0 atom stereocenters. The highest BCUT2D eigenvalue weighted by Crippen LogP contribution is 2.57. The van der Waals surface area contributed by atoms with Gasteiger partial charge in [-0.15, -0.1) is 0 Å². The predicted octanol–water partition coefficient (Wildman–Crippen LogP) is 6.75. The van der Waals surface area contributed by atoms with E-state index in [9.17, 15) is 9.59 Å². The Morgan fingerprint density at radius 1 is 0.467 bits per heavy atom. The number of benzene rings is 4. The molecule has 75 heavy (non-hydrogen) atoms. The number of hydrogen-bond acceptors (Lipinski definition) is 17. The van der Waals surface area contributed by atoms with E-state index < -0.39 is 11.4 Å². The first-order chi connectivity index (χ1) is 36.8. The molecule has 1 aliphatic carbocycles. The Balaban J connectivity index is 1.20. The van der Waals surface area contributed by atoms with E-state index in [1.807, 2.05) is 30.3 Å². The van der Waals surface area contributed by atoms with Crippen LogP contribution in [0.1, 0.15) is 73.5 Å². The van der Waals surface area contributed by atoms with Gasteiger partial charge in [-0.05, 0) is 84.8 Å². The summed E-state index contributed by atoms with van der Waals surface area (Å²) < 4.78 is 78.2. The summed E-state index contributed by atoms with van der Waals surface area (Å²) in [4.78, 5) is 27.5. The number of esters is 1. The van der Waals surface area contributed by atoms with Crippen LogP contribution in [0.5, 0.6) is 5.75 Å². The highest BCUT2D eigenvalue weighted by molar-refractivity contribution is 5.97. The molecule has 0 aliphatic heterocycles. The standard InChI is InChI=1S/C58H80O17/c1-6-74-57(61)53-42-49(11-14-56(53)75-38-37-72-34-33-70-30-29-68-26-25-66-22-21-64-18-17-62-5)58(54-39-44(2)7-12-50(54)51-13-8-45(3)40-55(51)58)48-10-9-47(52(41-48)46(4)60)43-73-36-35-71-32-31-69-28-27-67-24-23-65-20-19-63-16-15-59/h7-14,39-42,59H,6,15-38,43H2,1-5H3. The second kappa shape index (κ2) is 35.6. The van der Waals surface area contributed by atoms with Crippen LogP contribution in [-0.4, -0.2) is 189 Å². The van der Waals surface area contributed by atoms with Crippen molar-refractivity contribution in [2.24, 2.45) is 0 Å². The van der Waals surface area contributed by atoms with Gasteiger partial charge in [0, 0.05) is 12.7 Å². The normalized spacial score (nSPS) is 12.5. The van der Waals surface area contributed by atoms with Crippen molar-refractivity contribution in [1.82, 2.24) is 0 Å². The maximum Gasteiger partial charge on any atom is 0.341 e. The van der Waals surface area contributed by atoms with Gasteiger partial charge < -0.3 is 71.4 Å². The van der Waals surface area contributed by atoms with Crippen LogP contribution < -0.4 is 4.74 Å². The first-order valence-corrected chi connectivity index (χ1v) is 26.0. The van der Waals surface area contributed by atoms with Crippen LogP contribution in [0.2, 0.25) is 0 Å². The van der Waals surface area contributed by atoms with E-state index in [2.05, 4.69) is 56.3 Å². The maximum atomic E-state index is 13.9. The zero-order chi connectivity index (χ0) is 53.4. The molecular formula is C58H80O17. The Bertz CT molecular complexity index is 2220. The van der Waals surface area contributed by atoms with Crippen molar-refractivity contribution < 1.29 is 81.0 Å². The van der Waals surface area contributed by atoms with Crippen molar-refractivity contribution in [1.29, 1.82) is 0 Å². The zero-order valence-electron chi connectivity index (χ0n) is 44.8. The average Bonchev–Trinajstić information content (AvgIpc) is 3.69. The van der Waals surface area contributed by atoms with Crippen LogP contribution in [-0.2, 0) is 73.6 Å². The second-order valence-electron chi connectivity index (χ2n) is 17.4. The molecule has 0 saturated carbocycles. The summed E-state index contributed by atoms with van der Waals surface area (Å²) in [5, 5.41) is 8.72. The minimum absolute atomic E-state index is 0.00209. The van der Waals surface area contributed by atoms with Crippen LogP contribution >= 0.6 is 0 Å². The number of carbonyl (C=O) groups is 2. The Morgan fingerprint density at radius 3 is 1.29 bits per heavy atom. The van der Waals surface area contributed by atoms with Crippen molar-refractivity contribution in [3.8, 4) is 16.9 Å². The van der Waals surface area contributed by atoms with Crippen molar-refractivity contribution in [3.63, 3.8) is 0 Å². The van der Waals surface area contributed by atoms with Crippen LogP contribution in [0.4, 0.5) is 0 Å². The van der Waals surface area contributed by atoms with E-state index >= 15 is 0 Å². The van der Waals surface area contributed by atoms with Crippen LogP contribution in [0.3, 0.4) is 0 Å². The number of carbonyl (C=O) groups excluding carboxylic acids is 2. The summed E-state index contributed by atoms with van der Waals surface area (Å²) in [5.74, 6) is -0.242. The number of ketones is 1. The number of Topliss-reactive ketones (excluding diaryl/α,β-unsaturated/α-hetero) is 1. The largest absolute Gasteiger partial charge is 0.490 e. The molecule has 0 fully saturated rings. The average molecular weight is 1050 g/mol. The van der Waals surface area contributed by atoms with Crippen molar-refractivity contribution in [2.75, 3.05) is 172 Å². The molecule has 0 radical (unpaired) electrons. The summed E-state index contributed by atoms with van der Waals surface area (Å²) in [6, 6.07) is 24.7. The lowest BCUT2D eigenvalue weighted by Gasteiger charge is -2.35. The minimum atomic E-state index is -0.944. The number of aliphatic hydroxyl groups excluding tert-OH is 1. The van der Waals surface area contributed by atoms with Gasteiger partial charge in [-0.1, -0.05) is 65.7 Å². The van der Waals surface area contributed by atoms with E-state index in [0.717, 1.165) is 50.1 Å². The predicted molar refractivity (Wildman–Crippen MR) is 281 cm³/mol. The molecule has 0 amide bonds. The van der Waals surface area contributed by atoms with Gasteiger partial charge in [0.25, 0.3) is 0 Å². The molecule has 17 heteroatoms. The molecule has 0 aromatic heterocycles. The molecule has 414 valence electrons. The highest BCUT2D eigenvalue weighted by Gasteiger charge is 2.47. The Kier molecular flexibility index (Phi) is 29.0. The van der Waals surface area contributed by atoms with Gasteiger partial charge in [-0.2, -0.15) is 0 Å². The number of fused-ring (bicyclic) bond motifs is 3. The smallest absolute Gasteiger partial charge is 0.341 e. The van der Waals surface area contributed by atoms with Crippen molar-refractivity contribution >= 4 is 11.8 Å². The third-order valence-electron chi connectivity index (χ3n) is 12.0. The van der Waals surface area contributed by atoms with E-state index in [1.165, 1.54) is 0 Å². The minimum Gasteiger partial charge on any atom is -0.490 e. The van der Waals surface area contributed by atoms with E-state index in [-0.39, 0.29) is 44.4 Å². The number of hydrogen-bond donors (Lipinski definition) is 1. The second-order valence-corrected chi connectivity index (χ2v) is 17.4.